The van der Waals surface area contributed by atoms with Gasteiger partial charge in [-0.05, 0) is 38.5 Å². The maximum absolute atomic E-state index is 12.1. The van der Waals surface area contributed by atoms with Gasteiger partial charge >= 0.3 is 0 Å². The Labute approximate surface area is 106 Å². The third-order valence-corrected chi connectivity index (χ3v) is 6.04. The molecule has 1 fully saturated rings. The van der Waals surface area contributed by atoms with E-state index in [1.807, 2.05) is 6.92 Å². The minimum absolute atomic E-state index is 0.0680. The van der Waals surface area contributed by atoms with E-state index in [0.29, 0.717) is 11.7 Å². The summed E-state index contributed by atoms with van der Waals surface area (Å²) in [5, 5.41) is -0.0680. The molecule has 1 aliphatic carbocycles. The van der Waals surface area contributed by atoms with E-state index in [9.17, 15) is 8.42 Å². The average molecular weight is 261 g/mol. The molecule has 0 aliphatic heterocycles. The summed E-state index contributed by atoms with van der Waals surface area (Å²) < 4.78 is 24.3. The second-order valence-corrected chi connectivity index (χ2v) is 8.13. The van der Waals surface area contributed by atoms with E-state index in [4.69, 9.17) is 5.73 Å². The first-order valence-corrected chi connectivity index (χ1v) is 8.60. The van der Waals surface area contributed by atoms with Crippen molar-refractivity contribution >= 4 is 9.84 Å². The SMILES string of the molecule is CC(N)CCCCS(=O)(=O)C1CCCC(C)C1. The molecule has 2 N–H and O–H groups in total. The minimum Gasteiger partial charge on any atom is -0.328 e. The molecule has 0 saturated heterocycles. The summed E-state index contributed by atoms with van der Waals surface area (Å²) in [6.45, 7) is 4.13. The molecule has 17 heavy (non-hydrogen) atoms. The molecular formula is C13H27NO2S. The zero-order valence-electron chi connectivity index (χ0n) is 11.2. The van der Waals surface area contributed by atoms with Gasteiger partial charge in [0.1, 0.15) is 0 Å². The molecule has 0 radical (unpaired) electrons. The fourth-order valence-electron chi connectivity index (χ4n) is 2.64. The highest BCUT2D eigenvalue weighted by Gasteiger charge is 2.29. The van der Waals surface area contributed by atoms with Crippen LogP contribution >= 0.6 is 0 Å². The largest absolute Gasteiger partial charge is 0.328 e. The minimum atomic E-state index is -2.86. The maximum atomic E-state index is 12.1. The van der Waals surface area contributed by atoms with E-state index in [2.05, 4.69) is 6.92 Å². The van der Waals surface area contributed by atoms with Crippen LogP contribution in [0.1, 0.15) is 58.8 Å². The molecule has 0 aromatic rings. The van der Waals surface area contributed by atoms with Gasteiger partial charge in [-0.15, -0.1) is 0 Å². The molecule has 4 heteroatoms. The van der Waals surface area contributed by atoms with Gasteiger partial charge < -0.3 is 5.73 Å². The quantitative estimate of drug-likeness (QED) is 0.747. The van der Waals surface area contributed by atoms with E-state index < -0.39 is 9.84 Å². The van der Waals surface area contributed by atoms with Crippen LogP contribution in [0, 0.1) is 5.92 Å². The first-order valence-electron chi connectivity index (χ1n) is 6.89. The molecule has 0 aromatic heterocycles. The standard InChI is InChI=1S/C13H27NO2S/c1-11-6-5-8-13(10-11)17(15,16)9-4-3-7-12(2)14/h11-13H,3-10,14H2,1-2H3. The number of hydrogen-bond donors (Lipinski definition) is 1. The van der Waals surface area contributed by atoms with Crippen LogP contribution in [-0.2, 0) is 9.84 Å². The summed E-state index contributed by atoms with van der Waals surface area (Å²) in [4.78, 5) is 0. The molecule has 1 rings (SSSR count). The molecule has 0 heterocycles. The molecule has 1 saturated carbocycles. The van der Waals surface area contributed by atoms with Gasteiger partial charge in [-0.3, -0.25) is 0 Å². The Morgan fingerprint density at radius 1 is 1.29 bits per heavy atom. The zero-order chi connectivity index (χ0) is 12.9. The van der Waals surface area contributed by atoms with Gasteiger partial charge in [0.05, 0.1) is 11.0 Å². The smallest absolute Gasteiger partial charge is 0.153 e. The summed E-state index contributed by atoms with van der Waals surface area (Å²) in [6.07, 6.45) is 6.64. The maximum Gasteiger partial charge on any atom is 0.153 e. The van der Waals surface area contributed by atoms with Crippen molar-refractivity contribution in [3.05, 3.63) is 0 Å². The second-order valence-electron chi connectivity index (χ2n) is 5.73. The Hall–Kier alpha value is -0.0900. The summed E-state index contributed by atoms with van der Waals surface area (Å²) >= 11 is 0. The molecule has 3 nitrogen and oxygen atoms in total. The van der Waals surface area contributed by atoms with Crippen molar-refractivity contribution in [3.63, 3.8) is 0 Å². The Morgan fingerprint density at radius 3 is 2.59 bits per heavy atom. The summed E-state index contributed by atoms with van der Waals surface area (Å²) in [7, 11) is -2.86. The van der Waals surface area contributed by atoms with Crippen LogP contribution in [0.15, 0.2) is 0 Å². The Bertz CT molecular complexity index is 311. The van der Waals surface area contributed by atoms with Crippen molar-refractivity contribution in [2.45, 2.75) is 70.1 Å². The predicted molar refractivity (Wildman–Crippen MR) is 72.7 cm³/mol. The Morgan fingerprint density at radius 2 is 2.00 bits per heavy atom. The number of sulfone groups is 1. The zero-order valence-corrected chi connectivity index (χ0v) is 12.0. The monoisotopic (exact) mass is 261 g/mol. The lowest BCUT2D eigenvalue weighted by atomic mass is 9.91. The summed E-state index contributed by atoms with van der Waals surface area (Å²) in [5.41, 5.74) is 5.65. The number of hydrogen-bond acceptors (Lipinski definition) is 3. The van der Waals surface area contributed by atoms with Gasteiger partial charge in [0.2, 0.25) is 0 Å². The highest BCUT2D eigenvalue weighted by atomic mass is 32.2. The van der Waals surface area contributed by atoms with Crippen molar-refractivity contribution in [2.75, 3.05) is 5.75 Å². The molecule has 1 aliphatic rings. The van der Waals surface area contributed by atoms with Gasteiger partial charge in [-0.25, -0.2) is 8.42 Å². The third kappa shape index (κ3) is 5.38. The van der Waals surface area contributed by atoms with Crippen molar-refractivity contribution in [3.8, 4) is 0 Å². The van der Waals surface area contributed by atoms with Gasteiger partial charge in [0, 0.05) is 6.04 Å². The molecule has 0 amide bonds. The van der Waals surface area contributed by atoms with E-state index >= 15 is 0 Å². The second kappa shape index (κ2) is 6.74. The van der Waals surface area contributed by atoms with Gasteiger partial charge in [-0.2, -0.15) is 0 Å². The lowest BCUT2D eigenvalue weighted by molar-refractivity contribution is 0.381. The number of unbranched alkanes of at least 4 members (excludes halogenated alkanes) is 1. The van der Waals surface area contributed by atoms with E-state index in [0.717, 1.165) is 38.5 Å². The lowest BCUT2D eigenvalue weighted by Gasteiger charge is -2.26. The summed E-state index contributed by atoms with van der Waals surface area (Å²) in [5.74, 6) is 0.935. The molecule has 3 atom stereocenters. The van der Waals surface area contributed by atoms with E-state index in [1.165, 1.54) is 6.42 Å². The van der Waals surface area contributed by atoms with Crippen LogP contribution in [0.4, 0.5) is 0 Å². The fraction of sp³-hybridized carbons (Fsp3) is 1.00. The van der Waals surface area contributed by atoms with Crippen LogP contribution in [-0.4, -0.2) is 25.5 Å². The molecule has 102 valence electrons. The topological polar surface area (TPSA) is 60.2 Å². The van der Waals surface area contributed by atoms with Crippen LogP contribution in [0.25, 0.3) is 0 Å². The van der Waals surface area contributed by atoms with Crippen molar-refractivity contribution in [2.24, 2.45) is 11.7 Å². The predicted octanol–water partition coefficient (Wildman–Crippen LogP) is 2.50. The molecular weight excluding hydrogens is 234 g/mol. The normalized spacial score (nSPS) is 27.9. The molecule has 0 aromatic carbocycles. The highest BCUT2D eigenvalue weighted by molar-refractivity contribution is 7.92. The van der Waals surface area contributed by atoms with Gasteiger partial charge in [0.15, 0.2) is 9.84 Å². The van der Waals surface area contributed by atoms with Crippen molar-refractivity contribution in [1.29, 1.82) is 0 Å². The van der Waals surface area contributed by atoms with Crippen LogP contribution in [0.2, 0.25) is 0 Å². The highest BCUT2D eigenvalue weighted by Crippen LogP contribution is 2.29. The number of rotatable bonds is 6. The molecule has 0 spiro atoms. The fourth-order valence-corrected chi connectivity index (χ4v) is 4.73. The summed E-state index contributed by atoms with van der Waals surface area (Å²) in [6, 6.07) is 0.187. The Kier molecular flexibility index (Phi) is 5.93. The van der Waals surface area contributed by atoms with Crippen LogP contribution in [0.3, 0.4) is 0 Å². The van der Waals surface area contributed by atoms with Crippen LogP contribution < -0.4 is 5.73 Å². The van der Waals surface area contributed by atoms with E-state index in [1.54, 1.807) is 0 Å². The molecule has 0 bridgehead atoms. The average Bonchev–Trinajstić information content (AvgIpc) is 2.24. The first kappa shape index (κ1) is 15.0. The van der Waals surface area contributed by atoms with Crippen molar-refractivity contribution in [1.82, 2.24) is 0 Å². The lowest BCUT2D eigenvalue weighted by Crippen LogP contribution is -2.29. The van der Waals surface area contributed by atoms with Gasteiger partial charge in [-0.1, -0.05) is 26.2 Å². The number of nitrogens with two attached hydrogens (primary N) is 1. The Balaban J connectivity index is 2.34. The first-order chi connectivity index (χ1) is 7.92. The van der Waals surface area contributed by atoms with Gasteiger partial charge in [0.25, 0.3) is 0 Å². The van der Waals surface area contributed by atoms with Crippen molar-refractivity contribution < 1.29 is 8.42 Å². The molecule has 3 unspecified atom stereocenters. The van der Waals surface area contributed by atoms with Crippen LogP contribution in [0.5, 0.6) is 0 Å². The van der Waals surface area contributed by atoms with E-state index in [-0.39, 0.29) is 11.3 Å². The third-order valence-electron chi connectivity index (χ3n) is 3.73.